The van der Waals surface area contributed by atoms with Gasteiger partial charge < -0.3 is 14.6 Å². The van der Waals surface area contributed by atoms with Crippen LogP contribution in [0.5, 0.6) is 0 Å². The van der Waals surface area contributed by atoms with Crippen molar-refractivity contribution >= 4 is 17.0 Å². The Morgan fingerprint density at radius 1 is 0.929 bits per heavy atom. The van der Waals surface area contributed by atoms with E-state index >= 15 is 0 Å². The van der Waals surface area contributed by atoms with E-state index in [4.69, 9.17) is 4.98 Å². The Morgan fingerprint density at radius 2 is 1.75 bits per heavy atom. The molecule has 1 N–H and O–H groups in total. The Morgan fingerprint density at radius 3 is 2.61 bits per heavy atom. The number of nitrogens with zero attached hydrogens (tertiary/aromatic N) is 4. The first-order valence-electron chi connectivity index (χ1n) is 10.4. The molecule has 146 valence electrons. The van der Waals surface area contributed by atoms with Crippen LogP contribution in [0.3, 0.4) is 0 Å². The zero-order valence-corrected chi connectivity index (χ0v) is 16.2. The number of anilines is 1. The number of imidazole rings is 1. The first kappa shape index (κ1) is 17.7. The standard InChI is InChI=1S/C23H28N4O/c28-13-12-26-22-9-5-4-8-21(22)24-23(26)27-16-19-10-11-20(27)17-25(15-19)14-18-6-2-1-3-7-18/h1-9,19-20,28H,10-17H2/t19-,20+/m1/s1. The Labute approximate surface area is 166 Å². The molecule has 5 heteroatoms. The van der Waals surface area contributed by atoms with Gasteiger partial charge in [-0.2, -0.15) is 0 Å². The minimum atomic E-state index is 0.134. The molecule has 3 fully saturated rings. The summed E-state index contributed by atoms with van der Waals surface area (Å²) in [6.45, 7) is 5.04. The van der Waals surface area contributed by atoms with Gasteiger partial charge in [0.15, 0.2) is 0 Å². The minimum Gasteiger partial charge on any atom is -0.395 e. The number of aliphatic hydroxyl groups is 1. The molecule has 3 aromatic rings. The zero-order valence-electron chi connectivity index (χ0n) is 16.2. The number of rotatable bonds is 5. The second-order valence-electron chi connectivity index (χ2n) is 8.21. The van der Waals surface area contributed by atoms with Gasteiger partial charge >= 0.3 is 0 Å². The molecule has 0 saturated carbocycles. The number of aliphatic hydroxyl groups excluding tert-OH is 1. The topological polar surface area (TPSA) is 44.5 Å². The molecule has 2 atom stereocenters. The fourth-order valence-corrected chi connectivity index (χ4v) is 5.00. The quantitative estimate of drug-likeness (QED) is 0.743. The van der Waals surface area contributed by atoms with Crippen molar-refractivity contribution in [1.82, 2.24) is 14.5 Å². The summed E-state index contributed by atoms with van der Waals surface area (Å²) in [7, 11) is 0. The van der Waals surface area contributed by atoms with Crippen LogP contribution in [0.1, 0.15) is 18.4 Å². The van der Waals surface area contributed by atoms with Gasteiger partial charge in [-0.15, -0.1) is 0 Å². The molecule has 2 bridgehead atoms. The maximum absolute atomic E-state index is 9.64. The predicted octanol–water partition coefficient (Wildman–Crippen LogP) is 3.13. The molecule has 6 rings (SSSR count). The lowest BCUT2D eigenvalue weighted by molar-refractivity contribution is 0.256. The molecule has 5 nitrogen and oxygen atoms in total. The van der Waals surface area contributed by atoms with Crippen LogP contribution in [0.2, 0.25) is 0 Å². The van der Waals surface area contributed by atoms with Crippen LogP contribution in [0.15, 0.2) is 54.6 Å². The van der Waals surface area contributed by atoms with Crippen LogP contribution in [0, 0.1) is 5.92 Å². The summed E-state index contributed by atoms with van der Waals surface area (Å²) in [5, 5.41) is 9.64. The van der Waals surface area contributed by atoms with Gasteiger partial charge in [0.25, 0.3) is 0 Å². The molecule has 3 saturated heterocycles. The van der Waals surface area contributed by atoms with E-state index in [1.807, 2.05) is 6.07 Å². The average Bonchev–Trinajstić information content (AvgIpc) is 2.85. The van der Waals surface area contributed by atoms with Crippen molar-refractivity contribution in [2.24, 2.45) is 5.92 Å². The van der Waals surface area contributed by atoms with Crippen molar-refractivity contribution in [2.45, 2.75) is 32.0 Å². The molecule has 1 aromatic heterocycles. The van der Waals surface area contributed by atoms with Crippen molar-refractivity contribution in [1.29, 1.82) is 0 Å². The van der Waals surface area contributed by atoms with E-state index in [0.29, 0.717) is 18.5 Å². The minimum absolute atomic E-state index is 0.134. The van der Waals surface area contributed by atoms with Gasteiger partial charge in [0.2, 0.25) is 5.95 Å². The van der Waals surface area contributed by atoms with Gasteiger partial charge in [0, 0.05) is 38.8 Å². The van der Waals surface area contributed by atoms with Crippen molar-refractivity contribution in [3.05, 3.63) is 60.2 Å². The van der Waals surface area contributed by atoms with E-state index in [1.165, 1.54) is 18.4 Å². The molecule has 3 aliphatic rings. The molecule has 0 spiro atoms. The summed E-state index contributed by atoms with van der Waals surface area (Å²) >= 11 is 0. The van der Waals surface area contributed by atoms with Crippen molar-refractivity contribution in [3.8, 4) is 0 Å². The Hall–Kier alpha value is -2.37. The molecule has 0 aliphatic carbocycles. The number of hydrogen-bond acceptors (Lipinski definition) is 4. The third-order valence-electron chi connectivity index (χ3n) is 6.25. The third-order valence-corrected chi connectivity index (χ3v) is 6.25. The lowest BCUT2D eigenvalue weighted by Crippen LogP contribution is -2.45. The van der Waals surface area contributed by atoms with Crippen molar-refractivity contribution in [2.75, 3.05) is 31.1 Å². The summed E-state index contributed by atoms with van der Waals surface area (Å²) in [4.78, 5) is 10.1. The summed E-state index contributed by atoms with van der Waals surface area (Å²) < 4.78 is 2.21. The molecular weight excluding hydrogens is 348 g/mol. The lowest BCUT2D eigenvalue weighted by atomic mass is 9.95. The van der Waals surface area contributed by atoms with E-state index < -0.39 is 0 Å². The Balaban J connectivity index is 1.44. The number of aromatic nitrogens is 2. The largest absolute Gasteiger partial charge is 0.395 e. The molecule has 0 amide bonds. The van der Waals surface area contributed by atoms with Gasteiger partial charge in [-0.05, 0) is 36.5 Å². The molecule has 3 aliphatic heterocycles. The van der Waals surface area contributed by atoms with Crippen LogP contribution >= 0.6 is 0 Å². The van der Waals surface area contributed by atoms with E-state index in [9.17, 15) is 5.11 Å². The Kier molecular flexibility index (Phi) is 4.79. The summed E-state index contributed by atoms with van der Waals surface area (Å²) in [6, 6.07) is 19.6. The van der Waals surface area contributed by atoms with Crippen LogP contribution in [0.4, 0.5) is 5.95 Å². The highest BCUT2D eigenvalue weighted by Crippen LogP contribution is 2.33. The van der Waals surface area contributed by atoms with Crippen LogP contribution < -0.4 is 4.90 Å². The summed E-state index contributed by atoms with van der Waals surface area (Å²) in [6.07, 6.45) is 2.52. The van der Waals surface area contributed by atoms with Crippen LogP contribution in [-0.2, 0) is 13.1 Å². The second kappa shape index (κ2) is 7.57. The van der Waals surface area contributed by atoms with Crippen molar-refractivity contribution in [3.63, 3.8) is 0 Å². The summed E-state index contributed by atoms with van der Waals surface area (Å²) in [5.74, 6) is 1.70. The summed E-state index contributed by atoms with van der Waals surface area (Å²) in [5.41, 5.74) is 3.53. The number of fused-ring (bicyclic) bond motifs is 5. The van der Waals surface area contributed by atoms with E-state index in [0.717, 1.165) is 43.2 Å². The molecular formula is C23H28N4O. The highest BCUT2D eigenvalue weighted by Gasteiger charge is 2.36. The number of hydrogen-bond donors (Lipinski definition) is 1. The molecule has 4 heterocycles. The zero-order chi connectivity index (χ0) is 18.9. The van der Waals surface area contributed by atoms with Gasteiger partial charge in [-0.1, -0.05) is 42.5 Å². The third kappa shape index (κ3) is 3.29. The van der Waals surface area contributed by atoms with Gasteiger partial charge in [0.05, 0.1) is 17.6 Å². The van der Waals surface area contributed by atoms with Crippen molar-refractivity contribution < 1.29 is 5.11 Å². The fraction of sp³-hybridized carbons (Fsp3) is 0.435. The molecule has 2 aromatic carbocycles. The van der Waals surface area contributed by atoms with Gasteiger partial charge in [0.1, 0.15) is 0 Å². The predicted molar refractivity (Wildman–Crippen MR) is 112 cm³/mol. The first-order chi connectivity index (χ1) is 13.8. The lowest BCUT2D eigenvalue weighted by Gasteiger charge is -2.37. The molecule has 0 unspecified atom stereocenters. The Bertz CT molecular complexity index is 938. The van der Waals surface area contributed by atoms with Crippen LogP contribution in [-0.4, -0.2) is 51.8 Å². The molecule has 28 heavy (non-hydrogen) atoms. The van der Waals surface area contributed by atoms with Crippen LogP contribution in [0.25, 0.3) is 11.0 Å². The number of benzene rings is 2. The first-order valence-corrected chi connectivity index (χ1v) is 10.4. The smallest absolute Gasteiger partial charge is 0.206 e. The maximum Gasteiger partial charge on any atom is 0.206 e. The number of para-hydroxylation sites is 2. The monoisotopic (exact) mass is 376 g/mol. The number of piperidine rings is 1. The second-order valence-corrected chi connectivity index (χ2v) is 8.21. The van der Waals surface area contributed by atoms with Gasteiger partial charge in [-0.25, -0.2) is 4.98 Å². The average molecular weight is 377 g/mol. The highest BCUT2D eigenvalue weighted by molar-refractivity contribution is 5.79. The SMILES string of the molecule is OCCn1c(N2C[C@@H]3CC[C@H]2CN(Cc2ccccc2)C3)nc2ccccc21. The van der Waals surface area contributed by atoms with E-state index in [1.54, 1.807) is 0 Å². The highest BCUT2D eigenvalue weighted by atomic mass is 16.3. The fourth-order valence-electron chi connectivity index (χ4n) is 5.00. The van der Waals surface area contributed by atoms with Gasteiger partial charge in [-0.3, -0.25) is 4.90 Å². The van der Waals surface area contributed by atoms with E-state index in [-0.39, 0.29) is 6.61 Å². The normalized spacial score (nSPS) is 22.7. The van der Waals surface area contributed by atoms with E-state index in [2.05, 4.69) is 62.9 Å². The maximum atomic E-state index is 9.64. The molecule has 0 radical (unpaired) electrons.